The van der Waals surface area contributed by atoms with E-state index in [2.05, 4.69) is 10.6 Å². The zero-order valence-electron chi connectivity index (χ0n) is 16.4. The highest BCUT2D eigenvalue weighted by Crippen LogP contribution is 2.20. The van der Waals surface area contributed by atoms with Crippen LogP contribution < -0.4 is 27.7 Å². The predicted octanol–water partition coefficient (Wildman–Crippen LogP) is 1.84. The molecule has 0 radical (unpaired) electrons. The molecule has 2 amide bonds. The molecule has 2 rings (SSSR count). The Labute approximate surface area is 181 Å². The zero-order chi connectivity index (χ0) is 20.0. The molecule has 8 nitrogen and oxygen atoms in total. The van der Waals surface area contributed by atoms with Gasteiger partial charge in [0.05, 0.1) is 6.04 Å². The number of carbonyl (C=O) groups is 2. The van der Waals surface area contributed by atoms with Crippen LogP contribution >= 0.6 is 24.8 Å². The van der Waals surface area contributed by atoms with Crippen molar-refractivity contribution < 1.29 is 14.0 Å². The lowest BCUT2D eigenvalue weighted by Gasteiger charge is -2.17. The number of fused-ring (bicyclic) bond motifs is 1. The average molecular weight is 447 g/mol. The fraction of sp³-hybridized carbons (Fsp3) is 0.421. The van der Waals surface area contributed by atoms with E-state index in [4.69, 9.17) is 15.9 Å². The maximum atomic E-state index is 12.3. The molecule has 6 N–H and O–H groups in total. The van der Waals surface area contributed by atoms with Gasteiger partial charge in [0.25, 0.3) is 0 Å². The molecule has 2 atom stereocenters. The van der Waals surface area contributed by atoms with Crippen LogP contribution in [0.4, 0.5) is 5.69 Å². The Bertz CT molecular complexity index is 888. The third kappa shape index (κ3) is 7.66. The number of halogens is 2. The van der Waals surface area contributed by atoms with Gasteiger partial charge in [-0.05, 0) is 50.9 Å². The number of anilines is 1. The van der Waals surface area contributed by atoms with Crippen LogP contribution in [0.1, 0.15) is 31.7 Å². The molecular weight excluding hydrogens is 419 g/mol. The minimum Gasteiger partial charge on any atom is -0.423 e. The Kier molecular flexibility index (Phi) is 11.5. The molecule has 0 aliphatic heterocycles. The number of hydrogen-bond acceptors (Lipinski definition) is 6. The molecule has 1 aromatic carbocycles. The van der Waals surface area contributed by atoms with Crippen molar-refractivity contribution in [3.8, 4) is 0 Å². The summed E-state index contributed by atoms with van der Waals surface area (Å²) in [4.78, 5) is 35.9. The van der Waals surface area contributed by atoms with Crippen LogP contribution in [0.2, 0.25) is 0 Å². The molecule has 0 saturated carbocycles. The zero-order valence-corrected chi connectivity index (χ0v) is 18.0. The first-order chi connectivity index (χ1) is 12.8. The van der Waals surface area contributed by atoms with E-state index < -0.39 is 23.6 Å². The quantitative estimate of drug-likeness (QED) is 0.360. The summed E-state index contributed by atoms with van der Waals surface area (Å²) in [6.07, 6.45) is 2.07. The molecule has 0 saturated heterocycles. The van der Waals surface area contributed by atoms with Gasteiger partial charge in [0, 0.05) is 23.2 Å². The Morgan fingerprint density at radius 2 is 1.83 bits per heavy atom. The van der Waals surface area contributed by atoms with Gasteiger partial charge in [-0.2, -0.15) is 0 Å². The highest BCUT2D eigenvalue weighted by Gasteiger charge is 2.20. The molecule has 0 spiro atoms. The second kappa shape index (κ2) is 12.4. The lowest BCUT2D eigenvalue weighted by Crippen LogP contribution is -2.48. The number of nitrogens with one attached hydrogen (secondary N) is 2. The summed E-state index contributed by atoms with van der Waals surface area (Å²) in [5.41, 5.74) is 12.4. The summed E-state index contributed by atoms with van der Waals surface area (Å²) in [5.74, 6) is -0.776. The van der Waals surface area contributed by atoms with Crippen molar-refractivity contribution in [2.75, 3.05) is 11.9 Å². The third-order valence-corrected chi connectivity index (χ3v) is 4.28. The Morgan fingerprint density at radius 1 is 1.14 bits per heavy atom. The van der Waals surface area contributed by atoms with Crippen LogP contribution in [0.3, 0.4) is 0 Å². The van der Waals surface area contributed by atoms with E-state index in [1.807, 2.05) is 6.92 Å². The largest absolute Gasteiger partial charge is 0.423 e. The number of rotatable bonds is 8. The van der Waals surface area contributed by atoms with E-state index >= 15 is 0 Å². The molecule has 2 aromatic rings. The second-order valence-electron chi connectivity index (χ2n) is 6.57. The van der Waals surface area contributed by atoms with Crippen molar-refractivity contribution in [1.29, 1.82) is 0 Å². The lowest BCUT2D eigenvalue weighted by atomic mass is 10.1. The van der Waals surface area contributed by atoms with Gasteiger partial charge in [-0.25, -0.2) is 4.79 Å². The van der Waals surface area contributed by atoms with E-state index in [9.17, 15) is 14.4 Å². The molecule has 0 aliphatic rings. The fourth-order valence-corrected chi connectivity index (χ4v) is 2.68. The van der Waals surface area contributed by atoms with Gasteiger partial charge >= 0.3 is 5.63 Å². The van der Waals surface area contributed by atoms with Crippen molar-refractivity contribution in [1.82, 2.24) is 5.32 Å². The van der Waals surface area contributed by atoms with Crippen LogP contribution in [0.25, 0.3) is 11.0 Å². The van der Waals surface area contributed by atoms with Crippen LogP contribution in [-0.4, -0.2) is 30.4 Å². The van der Waals surface area contributed by atoms with E-state index in [0.29, 0.717) is 24.2 Å². The molecular formula is C19H28Cl2N4O4. The minimum atomic E-state index is -0.765. The molecule has 0 bridgehead atoms. The summed E-state index contributed by atoms with van der Waals surface area (Å²) < 4.78 is 5.17. The molecule has 10 heteroatoms. The van der Waals surface area contributed by atoms with Gasteiger partial charge in [-0.3, -0.25) is 9.59 Å². The van der Waals surface area contributed by atoms with E-state index in [1.54, 1.807) is 25.1 Å². The van der Waals surface area contributed by atoms with Gasteiger partial charge in [-0.1, -0.05) is 6.42 Å². The van der Waals surface area contributed by atoms with E-state index in [1.165, 1.54) is 6.07 Å². The van der Waals surface area contributed by atoms with Crippen LogP contribution in [0.5, 0.6) is 0 Å². The van der Waals surface area contributed by atoms with Crippen molar-refractivity contribution in [2.45, 2.75) is 45.2 Å². The smallest absolute Gasteiger partial charge is 0.336 e. The Morgan fingerprint density at radius 3 is 2.48 bits per heavy atom. The number of unbranched alkanes of at least 4 members (excludes halogenated alkanes) is 1. The summed E-state index contributed by atoms with van der Waals surface area (Å²) in [6.45, 7) is 3.94. The van der Waals surface area contributed by atoms with Crippen LogP contribution in [0.15, 0.2) is 33.5 Å². The molecule has 0 unspecified atom stereocenters. The molecule has 1 heterocycles. The first-order valence-corrected chi connectivity index (χ1v) is 8.93. The van der Waals surface area contributed by atoms with Crippen LogP contribution in [-0.2, 0) is 9.59 Å². The number of amides is 2. The maximum absolute atomic E-state index is 12.3. The van der Waals surface area contributed by atoms with E-state index in [0.717, 1.165) is 23.8 Å². The molecule has 29 heavy (non-hydrogen) atoms. The molecule has 0 aliphatic carbocycles. The summed E-state index contributed by atoms with van der Waals surface area (Å²) >= 11 is 0. The van der Waals surface area contributed by atoms with Crippen LogP contribution in [0, 0.1) is 6.92 Å². The first-order valence-electron chi connectivity index (χ1n) is 8.93. The fourth-order valence-electron chi connectivity index (χ4n) is 2.68. The second-order valence-corrected chi connectivity index (χ2v) is 6.57. The van der Waals surface area contributed by atoms with Gasteiger partial charge in [0.15, 0.2) is 0 Å². The van der Waals surface area contributed by atoms with Crippen molar-refractivity contribution in [3.05, 3.63) is 40.2 Å². The number of hydrogen-bond donors (Lipinski definition) is 4. The highest BCUT2D eigenvalue weighted by molar-refractivity contribution is 5.98. The highest BCUT2D eigenvalue weighted by atomic mass is 35.5. The summed E-state index contributed by atoms with van der Waals surface area (Å²) in [5, 5.41) is 6.09. The SMILES string of the molecule is Cc1cc(=O)oc2cc(NC(=O)[C@H](C)NC(=O)[C@@H](N)CCCCN)ccc12.Cl.Cl. The summed E-state index contributed by atoms with van der Waals surface area (Å²) in [6, 6.07) is 5.02. The number of aryl methyl sites for hydroxylation is 1. The third-order valence-electron chi connectivity index (χ3n) is 4.28. The maximum Gasteiger partial charge on any atom is 0.336 e. The monoisotopic (exact) mass is 446 g/mol. The lowest BCUT2D eigenvalue weighted by molar-refractivity contribution is -0.127. The van der Waals surface area contributed by atoms with Crippen molar-refractivity contribution in [2.24, 2.45) is 11.5 Å². The Hall–Kier alpha value is -2.13. The number of carbonyl (C=O) groups excluding carboxylic acids is 2. The molecule has 0 fully saturated rings. The number of benzene rings is 1. The van der Waals surface area contributed by atoms with Gasteiger partial charge < -0.3 is 26.5 Å². The van der Waals surface area contributed by atoms with Gasteiger partial charge in [0.2, 0.25) is 11.8 Å². The predicted molar refractivity (Wildman–Crippen MR) is 119 cm³/mol. The Balaban J connectivity index is 0.00000392. The standard InChI is InChI=1S/C19H26N4O4.2ClH/c1-11-9-17(24)27-16-10-13(6-7-14(11)16)23-18(25)12(2)22-19(26)15(21)5-3-4-8-20;;/h6-7,9-10,12,15H,3-5,8,20-21H2,1-2H3,(H,22,26)(H,23,25);2*1H/t12-,15-;;/m0../s1. The normalized spacial score (nSPS) is 12.3. The van der Waals surface area contributed by atoms with Crippen molar-refractivity contribution >= 4 is 53.3 Å². The summed E-state index contributed by atoms with van der Waals surface area (Å²) in [7, 11) is 0. The number of nitrogens with two attached hydrogens (primary N) is 2. The van der Waals surface area contributed by atoms with Gasteiger partial charge in [0.1, 0.15) is 11.6 Å². The molecule has 1 aromatic heterocycles. The van der Waals surface area contributed by atoms with E-state index in [-0.39, 0.29) is 30.7 Å². The van der Waals surface area contributed by atoms with Gasteiger partial charge in [-0.15, -0.1) is 24.8 Å². The van der Waals surface area contributed by atoms with Crippen molar-refractivity contribution in [3.63, 3.8) is 0 Å². The first kappa shape index (κ1) is 26.9. The topological polar surface area (TPSA) is 140 Å². The minimum absolute atomic E-state index is 0. The molecule has 162 valence electrons. The average Bonchev–Trinajstić information content (AvgIpc) is 2.61.